The van der Waals surface area contributed by atoms with Crippen LogP contribution < -0.4 is 15.5 Å². The summed E-state index contributed by atoms with van der Waals surface area (Å²) >= 11 is 0. The van der Waals surface area contributed by atoms with Gasteiger partial charge in [-0.25, -0.2) is 9.97 Å². The number of nitrogens with zero attached hydrogens (tertiary/aromatic N) is 4. The number of piperidine rings is 1. The number of benzene rings is 1. The highest BCUT2D eigenvalue weighted by atomic mass is 16.5. The van der Waals surface area contributed by atoms with Gasteiger partial charge < -0.3 is 20.3 Å². The first kappa shape index (κ1) is 19.2. The van der Waals surface area contributed by atoms with Crippen LogP contribution in [0.2, 0.25) is 0 Å². The second-order valence-corrected chi connectivity index (χ2v) is 8.02. The fourth-order valence-corrected chi connectivity index (χ4v) is 4.27. The molecule has 0 radical (unpaired) electrons. The second kappa shape index (κ2) is 8.93. The molecule has 156 valence electrons. The minimum absolute atomic E-state index is 0.612. The third kappa shape index (κ3) is 4.22. The molecule has 2 aliphatic rings. The van der Waals surface area contributed by atoms with E-state index in [2.05, 4.69) is 49.8 Å². The zero-order valence-corrected chi connectivity index (χ0v) is 17.2. The molecule has 0 amide bonds. The molecule has 7 heteroatoms. The number of aromatic nitrogens is 3. The van der Waals surface area contributed by atoms with Crippen molar-refractivity contribution in [2.45, 2.75) is 12.8 Å². The van der Waals surface area contributed by atoms with E-state index in [1.165, 1.54) is 18.5 Å². The van der Waals surface area contributed by atoms with E-state index in [0.717, 1.165) is 74.0 Å². The Morgan fingerprint density at radius 2 is 2.03 bits per heavy atom. The summed E-state index contributed by atoms with van der Waals surface area (Å²) < 4.78 is 5.49. The van der Waals surface area contributed by atoms with Gasteiger partial charge >= 0.3 is 0 Å². The Kier molecular flexibility index (Phi) is 5.72. The molecule has 2 fully saturated rings. The highest BCUT2D eigenvalue weighted by Gasteiger charge is 2.16. The molecule has 2 saturated heterocycles. The van der Waals surface area contributed by atoms with E-state index < -0.39 is 0 Å². The van der Waals surface area contributed by atoms with Gasteiger partial charge in [0.2, 0.25) is 0 Å². The first-order chi connectivity index (χ1) is 14.9. The molecule has 2 N–H and O–H groups in total. The zero-order valence-electron chi connectivity index (χ0n) is 17.2. The van der Waals surface area contributed by atoms with E-state index in [9.17, 15) is 0 Å². The van der Waals surface area contributed by atoms with Crippen LogP contribution in [0.15, 0.2) is 42.7 Å². The molecule has 4 heterocycles. The van der Waals surface area contributed by atoms with Crippen LogP contribution in [0.3, 0.4) is 0 Å². The molecule has 5 rings (SSSR count). The number of pyridine rings is 1. The summed E-state index contributed by atoms with van der Waals surface area (Å²) in [6.45, 7) is 6.46. The number of fused-ring (bicyclic) bond motifs is 1. The van der Waals surface area contributed by atoms with Gasteiger partial charge in [-0.3, -0.25) is 4.98 Å². The average molecular weight is 405 g/mol. The highest BCUT2D eigenvalue weighted by Crippen LogP contribution is 2.28. The number of hydrogen-bond donors (Lipinski definition) is 2. The molecule has 0 bridgehead atoms. The molecule has 2 aliphatic heterocycles. The third-order valence-electron chi connectivity index (χ3n) is 5.93. The monoisotopic (exact) mass is 404 g/mol. The van der Waals surface area contributed by atoms with Gasteiger partial charge in [-0.2, -0.15) is 0 Å². The molecule has 2 aromatic heterocycles. The molecule has 0 spiro atoms. The van der Waals surface area contributed by atoms with E-state index in [-0.39, 0.29) is 0 Å². The fourth-order valence-electron chi connectivity index (χ4n) is 4.27. The predicted molar refractivity (Wildman–Crippen MR) is 120 cm³/mol. The predicted octanol–water partition coefficient (Wildman–Crippen LogP) is 2.94. The van der Waals surface area contributed by atoms with Crippen LogP contribution in [0.5, 0.6) is 0 Å². The second-order valence-electron chi connectivity index (χ2n) is 8.02. The van der Waals surface area contributed by atoms with Crippen LogP contribution in [0, 0.1) is 5.92 Å². The van der Waals surface area contributed by atoms with Crippen molar-refractivity contribution in [2.75, 3.05) is 56.2 Å². The molecule has 1 aromatic carbocycles. The van der Waals surface area contributed by atoms with Gasteiger partial charge in [0, 0.05) is 43.3 Å². The molecular weight excluding hydrogens is 376 g/mol. The smallest absolute Gasteiger partial charge is 0.154 e. The average Bonchev–Trinajstić information content (AvgIpc) is 2.83. The quantitative estimate of drug-likeness (QED) is 0.677. The summed E-state index contributed by atoms with van der Waals surface area (Å²) in [6.07, 6.45) is 5.95. The topological polar surface area (TPSA) is 75.2 Å². The summed E-state index contributed by atoms with van der Waals surface area (Å²) in [5.74, 6) is 1.43. The van der Waals surface area contributed by atoms with Crippen molar-refractivity contribution in [2.24, 2.45) is 5.92 Å². The van der Waals surface area contributed by atoms with Crippen LogP contribution in [-0.2, 0) is 4.74 Å². The number of rotatable bonds is 5. The number of morpholine rings is 1. The summed E-state index contributed by atoms with van der Waals surface area (Å²) in [4.78, 5) is 16.4. The van der Waals surface area contributed by atoms with Crippen LogP contribution >= 0.6 is 0 Å². The van der Waals surface area contributed by atoms with Crippen molar-refractivity contribution in [1.29, 1.82) is 0 Å². The first-order valence-corrected chi connectivity index (χ1v) is 10.9. The molecular formula is C23H28N6O. The summed E-state index contributed by atoms with van der Waals surface area (Å²) in [5, 5.41) is 7.05. The SMILES string of the molecule is c1cc(-c2cc3nccnc3c(NCC3CCCNC3)n2)cc(N2CCOCC2)c1. The van der Waals surface area contributed by atoms with Gasteiger partial charge in [-0.05, 0) is 50.0 Å². The highest BCUT2D eigenvalue weighted by molar-refractivity contribution is 5.88. The lowest BCUT2D eigenvalue weighted by Gasteiger charge is -2.29. The van der Waals surface area contributed by atoms with Crippen LogP contribution in [0.25, 0.3) is 22.3 Å². The Balaban J connectivity index is 1.45. The normalized spacial score (nSPS) is 19.7. The van der Waals surface area contributed by atoms with Crippen LogP contribution in [0.1, 0.15) is 12.8 Å². The number of anilines is 2. The van der Waals surface area contributed by atoms with E-state index in [1.54, 1.807) is 12.4 Å². The van der Waals surface area contributed by atoms with E-state index in [1.807, 2.05) is 6.07 Å². The van der Waals surface area contributed by atoms with Gasteiger partial charge in [-0.15, -0.1) is 0 Å². The summed E-state index contributed by atoms with van der Waals surface area (Å²) in [5.41, 5.74) is 4.91. The lowest BCUT2D eigenvalue weighted by molar-refractivity contribution is 0.122. The number of hydrogen-bond acceptors (Lipinski definition) is 7. The van der Waals surface area contributed by atoms with Gasteiger partial charge in [0.1, 0.15) is 5.52 Å². The van der Waals surface area contributed by atoms with Gasteiger partial charge in [0.15, 0.2) is 5.82 Å². The first-order valence-electron chi connectivity index (χ1n) is 10.9. The zero-order chi connectivity index (χ0) is 20.2. The van der Waals surface area contributed by atoms with Crippen LogP contribution in [-0.4, -0.2) is 60.9 Å². The third-order valence-corrected chi connectivity index (χ3v) is 5.93. The van der Waals surface area contributed by atoms with E-state index >= 15 is 0 Å². The standard InChI is InChI=1S/C23H28N6O/c1-4-18(13-19(5-1)29-9-11-30-12-10-29)20-14-21-22(26-8-7-25-21)23(28-20)27-16-17-3-2-6-24-15-17/h1,4-5,7-8,13-14,17,24H,2-3,6,9-12,15-16H2,(H,27,28). The maximum absolute atomic E-state index is 5.49. The van der Waals surface area contributed by atoms with Crippen LogP contribution in [0.4, 0.5) is 11.5 Å². The van der Waals surface area contributed by atoms with Crippen molar-refractivity contribution in [1.82, 2.24) is 20.3 Å². The van der Waals surface area contributed by atoms with Crippen molar-refractivity contribution in [3.05, 3.63) is 42.7 Å². The summed E-state index contributed by atoms with van der Waals surface area (Å²) in [7, 11) is 0. The van der Waals surface area contributed by atoms with E-state index in [4.69, 9.17) is 9.72 Å². The van der Waals surface area contributed by atoms with Gasteiger partial charge in [0.25, 0.3) is 0 Å². The molecule has 3 aromatic rings. The minimum atomic E-state index is 0.612. The lowest BCUT2D eigenvalue weighted by atomic mass is 10.00. The fraction of sp³-hybridized carbons (Fsp3) is 0.435. The van der Waals surface area contributed by atoms with Crippen molar-refractivity contribution >= 4 is 22.5 Å². The van der Waals surface area contributed by atoms with Crippen molar-refractivity contribution in [3.8, 4) is 11.3 Å². The Morgan fingerprint density at radius 3 is 2.90 bits per heavy atom. The van der Waals surface area contributed by atoms with E-state index in [0.29, 0.717) is 5.92 Å². The molecule has 1 unspecified atom stereocenters. The molecule has 30 heavy (non-hydrogen) atoms. The number of ether oxygens (including phenoxy) is 1. The molecule has 0 saturated carbocycles. The van der Waals surface area contributed by atoms with Crippen molar-refractivity contribution < 1.29 is 4.74 Å². The molecule has 1 atom stereocenters. The number of nitrogens with one attached hydrogen (secondary N) is 2. The van der Waals surface area contributed by atoms with Gasteiger partial charge in [0.05, 0.1) is 24.4 Å². The van der Waals surface area contributed by atoms with Gasteiger partial charge in [-0.1, -0.05) is 12.1 Å². The molecule has 7 nitrogen and oxygen atoms in total. The molecule has 0 aliphatic carbocycles. The maximum Gasteiger partial charge on any atom is 0.154 e. The Hall–Kier alpha value is -2.77. The lowest BCUT2D eigenvalue weighted by Crippen LogP contribution is -2.36. The van der Waals surface area contributed by atoms with Crippen molar-refractivity contribution in [3.63, 3.8) is 0 Å². The Bertz CT molecular complexity index is 998. The summed E-state index contributed by atoms with van der Waals surface area (Å²) in [6, 6.07) is 10.6. The minimum Gasteiger partial charge on any atom is -0.378 e. The maximum atomic E-state index is 5.49. The largest absolute Gasteiger partial charge is 0.378 e. The Labute approximate surface area is 176 Å². The Morgan fingerprint density at radius 1 is 1.13 bits per heavy atom.